The van der Waals surface area contributed by atoms with E-state index in [2.05, 4.69) is 5.10 Å². The van der Waals surface area contributed by atoms with Crippen LogP contribution in [0.15, 0.2) is 0 Å². The van der Waals surface area contributed by atoms with Gasteiger partial charge in [-0.2, -0.15) is 18.3 Å². The monoisotopic (exact) mass is 279 g/mol. The van der Waals surface area contributed by atoms with E-state index in [0.717, 1.165) is 4.68 Å². The molecule has 0 radical (unpaired) electrons. The summed E-state index contributed by atoms with van der Waals surface area (Å²) in [5.74, 6) is -3.16. The van der Waals surface area contributed by atoms with Crippen molar-refractivity contribution in [2.45, 2.75) is 33.1 Å². The lowest BCUT2D eigenvalue weighted by Crippen LogP contribution is -2.36. The standard InChI is InChI=1S/C10H12F3N3O3/c1-5-7(3-14-9(19)10(11,12)13)6(2)16(15-5)4-8(17)18/h3-4H2,1-2H3,(H,14,19)(H,17,18). The minimum atomic E-state index is -4.95. The quantitative estimate of drug-likeness (QED) is 0.852. The third-order valence-electron chi connectivity index (χ3n) is 2.50. The van der Waals surface area contributed by atoms with Crippen LogP contribution in [0.3, 0.4) is 0 Å². The maximum Gasteiger partial charge on any atom is 0.471 e. The molecule has 1 rings (SSSR count). The molecule has 0 unspecified atom stereocenters. The molecule has 0 atom stereocenters. The number of hydrogen-bond donors (Lipinski definition) is 2. The van der Waals surface area contributed by atoms with Gasteiger partial charge in [0.2, 0.25) is 0 Å². The van der Waals surface area contributed by atoms with Gasteiger partial charge in [-0.3, -0.25) is 14.3 Å². The van der Waals surface area contributed by atoms with Crippen molar-refractivity contribution in [3.05, 3.63) is 17.0 Å². The summed E-state index contributed by atoms with van der Waals surface area (Å²) in [7, 11) is 0. The van der Waals surface area contributed by atoms with Crippen LogP contribution in [-0.2, 0) is 22.7 Å². The van der Waals surface area contributed by atoms with Crippen LogP contribution < -0.4 is 5.32 Å². The van der Waals surface area contributed by atoms with E-state index in [9.17, 15) is 22.8 Å². The molecular formula is C10H12F3N3O3. The summed E-state index contributed by atoms with van der Waals surface area (Å²) >= 11 is 0. The molecule has 1 aromatic rings. The number of carbonyl (C=O) groups excluding carboxylic acids is 1. The van der Waals surface area contributed by atoms with Crippen LogP contribution in [-0.4, -0.2) is 32.9 Å². The second kappa shape index (κ2) is 5.29. The smallest absolute Gasteiger partial charge is 0.471 e. The number of carboxylic acids is 1. The lowest BCUT2D eigenvalue weighted by molar-refractivity contribution is -0.173. The number of carbonyl (C=O) groups is 2. The molecule has 1 aromatic heterocycles. The van der Waals surface area contributed by atoms with Crippen LogP contribution >= 0.6 is 0 Å². The number of carboxylic acid groups (broad SMARTS) is 1. The van der Waals surface area contributed by atoms with Gasteiger partial charge >= 0.3 is 18.1 Å². The molecule has 1 heterocycles. The summed E-state index contributed by atoms with van der Waals surface area (Å²) in [6, 6.07) is 0. The predicted octanol–water partition coefficient (Wildman–Crippen LogP) is 0.763. The first kappa shape index (κ1) is 15.0. The van der Waals surface area contributed by atoms with Gasteiger partial charge in [0.15, 0.2) is 0 Å². The molecule has 1 amide bonds. The van der Waals surface area contributed by atoms with Gasteiger partial charge in [-0.05, 0) is 13.8 Å². The second-order valence-electron chi connectivity index (χ2n) is 3.88. The normalized spacial score (nSPS) is 11.4. The number of aliphatic carboxylic acids is 1. The van der Waals surface area contributed by atoms with Gasteiger partial charge in [0.1, 0.15) is 6.54 Å². The van der Waals surface area contributed by atoms with Gasteiger partial charge in [-0.25, -0.2) is 0 Å². The Hall–Kier alpha value is -2.06. The number of amides is 1. The van der Waals surface area contributed by atoms with E-state index in [1.54, 1.807) is 5.32 Å². The Labute approximate surface area is 106 Å². The zero-order valence-corrected chi connectivity index (χ0v) is 10.2. The Kier molecular flexibility index (Phi) is 4.17. The third kappa shape index (κ3) is 3.70. The van der Waals surface area contributed by atoms with Gasteiger partial charge in [0.05, 0.1) is 5.69 Å². The highest BCUT2D eigenvalue weighted by Crippen LogP contribution is 2.16. The SMILES string of the molecule is Cc1nn(CC(=O)O)c(C)c1CNC(=O)C(F)(F)F. The van der Waals surface area contributed by atoms with E-state index in [1.165, 1.54) is 13.8 Å². The summed E-state index contributed by atoms with van der Waals surface area (Å²) < 4.78 is 37.2. The van der Waals surface area contributed by atoms with Crippen LogP contribution in [0, 0.1) is 13.8 Å². The summed E-state index contributed by atoms with van der Waals surface area (Å²) in [5, 5.41) is 14.3. The fourth-order valence-electron chi connectivity index (χ4n) is 1.54. The van der Waals surface area contributed by atoms with E-state index < -0.39 is 18.1 Å². The van der Waals surface area contributed by atoms with Crippen molar-refractivity contribution in [3.8, 4) is 0 Å². The highest BCUT2D eigenvalue weighted by Gasteiger charge is 2.38. The second-order valence-corrected chi connectivity index (χ2v) is 3.88. The summed E-state index contributed by atoms with van der Waals surface area (Å²) in [6.07, 6.45) is -4.95. The molecule has 2 N–H and O–H groups in total. The number of halogens is 3. The van der Waals surface area contributed by atoms with Crippen LogP contribution in [0.5, 0.6) is 0 Å². The van der Waals surface area contributed by atoms with Crippen molar-refractivity contribution in [1.82, 2.24) is 15.1 Å². The molecule has 6 nitrogen and oxygen atoms in total. The van der Waals surface area contributed by atoms with E-state index in [1.807, 2.05) is 0 Å². The Morgan fingerprint density at radius 3 is 2.42 bits per heavy atom. The summed E-state index contributed by atoms with van der Waals surface area (Å²) in [6.45, 7) is 2.31. The Morgan fingerprint density at radius 2 is 1.95 bits per heavy atom. The van der Waals surface area contributed by atoms with Gasteiger partial charge < -0.3 is 10.4 Å². The van der Waals surface area contributed by atoms with Crippen molar-refractivity contribution in [3.63, 3.8) is 0 Å². The minimum Gasteiger partial charge on any atom is -0.480 e. The fourth-order valence-corrected chi connectivity index (χ4v) is 1.54. The van der Waals surface area contributed by atoms with Crippen LogP contribution in [0.4, 0.5) is 13.2 Å². The molecule has 0 spiro atoms. The Morgan fingerprint density at radius 1 is 1.37 bits per heavy atom. The van der Waals surface area contributed by atoms with E-state index in [-0.39, 0.29) is 13.1 Å². The lowest BCUT2D eigenvalue weighted by Gasteiger charge is -2.08. The van der Waals surface area contributed by atoms with Crippen molar-refractivity contribution in [2.24, 2.45) is 0 Å². The summed E-state index contributed by atoms with van der Waals surface area (Å²) in [5.41, 5.74) is 1.16. The third-order valence-corrected chi connectivity index (χ3v) is 2.50. The van der Waals surface area contributed by atoms with Crippen molar-refractivity contribution in [2.75, 3.05) is 0 Å². The van der Waals surface area contributed by atoms with E-state index >= 15 is 0 Å². The molecular weight excluding hydrogens is 267 g/mol. The molecule has 0 saturated heterocycles. The highest BCUT2D eigenvalue weighted by atomic mass is 19.4. The molecule has 19 heavy (non-hydrogen) atoms. The molecule has 9 heteroatoms. The van der Waals surface area contributed by atoms with Crippen molar-refractivity contribution >= 4 is 11.9 Å². The average molecular weight is 279 g/mol. The molecule has 106 valence electrons. The number of alkyl halides is 3. The van der Waals surface area contributed by atoms with Gasteiger partial charge in [-0.15, -0.1) is 0 Å². The van der Waals surface area contributed by atoms with E-state index in [0.29, 0.717) is 17.0 Å². The Balaban J connectivity index is 2.82. The minimum absolute atomic E-state index is 0.352. The molecule has 0 aliphatic rings. The fraction of sp³-hybridized carbons (Fsp3) is 0.500. The van der Waals surface area contributed by atoms with Gasteiger partial charge in [0.25, 0.3) is 0 Å². The number of hydrogen-bond acceptors (Lipinski definition) is 3. The first-order valence-corrected chi connectivity index (χ1v) is 5.22. The maximum atomic E-state index is 12.0. The number of nitrogens with zero attached hydrogens (tertiary/aromatic N) is 2. The maximum absolute atomic E-state index is 12.0. The molecule has 0 fully saturated rings. The molecule has 0 aliphatic heterocycles. The largest absolute Gasteiger partial charge is 0.480 e. The summed E-state index contributed by atoms with van der Waals surface area (Å²) in [4.78, 5) is 21.2. The molecule has 0 saturated carbocycles. The average Bonchev–Trinajstić information content (AvgIpc) is 2.49. The topological polar surface area (TPSA) is 84.2 Å². The zero-order valence-electron chi connectivity index (χ0n) is 10.2. The molecule has 0 aromatic carbocycles. The Bertz CT molecular complexity index is 508. The van der Waals surface area contributed by atoms with Crippen molar-refractivity contribution in [1.29, 1.82) is 0 Å². The first-order valence-electron chi connectivity index (χ1n) is 5.22. The number of aryl methyl sites for hydroxylation is 1. The van der Waals surface area contributed by atoms with Crippen LogP contribution in [0.25, 0.3) is 0 Å². The number of aromatic nitrogens is 2. The predicted molar refractivity (Wildman–Crippen MR) is 57.2 cm³/mol. The zero-order chi connectivity index (χ0) is 14.8. The van der Waals surface area contributed by atoms with Crippen LogP contribution in [0.2, 0.25) is 0 Å². The molecule has 0 bridgehead atoms. The first-order chi connectivity index (χ1) is 8.62. The highest BCUT2D eigenvalue weighted by molar-refractivity contribution is 5.81. The molecule has 0 aliphatic carbocycles. The number of rotatable bonds is 4. The van der Waals surface area contributed by atoms with Crippen LogP contribution in [0.1, 0.15) is 17.0 Å². The van der Waals surface area contributed by atoms with E-state index in [4.69, 9.17) is 5.11 Å². The lowest BCUT2D eigenvalue weighted by atomic mass is 10.2. The van der Waals surface area contributed by atoms with Gasteiger partial charge in [-0.1, -0.05) is 0 Å². The number of nitrogens with one attached hydrogen (secondary N) is 1. The van der Waals surface area contributed by atoms with Gasteiger partial charge in [0, 0.05) is 17.8 Å². The van der Waals surface area contributed by atoms with Crippen molar-refractivity contribution < 1.29 is 27.9 Å².